The summed E-state index contributed by atoms with van der Waals surface area (Å²) in [4.78, 5) is 0. The van der Waals surface area contributed by atoms with Gasteiger partial charge in [-0.3, -0.25) is 0 Å². The summed E-state index contributed by atoms with van der Waals surface area (Å²) in [5, 5.41) is 3.65. The van der Waals surface area contributed by atoms with Gasteiger partial charge in [0.25, 0.3) is 0 Å². The highest BCUT2D eigenvalue weighted by atomic mass is 16.5. The largest absolute Gasteiger partial charge is 0.384 e. The first kappa shape index (κ1) is 15.9. The number of hydrogen-bond donors (Lipinski definition) is 1. The van der Waals surface area contributed by atoms with Gasteiger partial charge in [-0.05, 0) is 18.3 Å². The molecule has 0 spiro atoms. The number of ether oxygens (including phenoxy) is 2. The fourth-order valence-corrected chi connectivity index (χ4v) is 2.51. The third-order valence-electron chi connectivity index (χ3n) is 3.97. The zero-order chi connectivity index (χ0) is 13.8. The minimum absolute atomic E-state index is 0.252. The maximum atomic E-state index is 5.97. The first-order valence-corrected chi connectivity index (χ1v) is 7.21. The fraction of sp³-hybridized carbons (Fsp3) is 1.00. The van der Waals surface area contributed by atoms with E-state index < -0.39 is 0 Å². The van der Waals surface area contributed by atoms with Gasteiger partial charge in [-0.25, -0.2) is 0 Å². The average molecular weight is 257 g/mol. The molecule has 0 aromatic carbocycles. The summed E-state index contributed by atoms with van der Waals surface area (Å²) in [5.74, 6) is 1.19. The van der Waals surface area contributed by atoms with E-state index in [0.717, 1.165) is 26.2 Å². The first-order valence-electron chi connectivity index (χ1n) is 7.21. The Morgan fingerprint density at radius 3 is 2.39 bits per heavy atom. The van der Waals surface area contributed by atoms with E-state index in [0.29, 0.717) is 24.0 Å². The van der Waals surface area contributed by atoms with Gasteiger partial charge in [0.1, 0.15) is 0 Å². The minimum Gasteiger partial charge on any atom is -0.384 e. The van der Waals surface area contributed by atoms with Gasteiger partial charge in [-0.2, -0.15) is 0 Å². The molecule has 1 saturated carbocycles. The Hall–Kier alpha value is -0.120. The molecule has 3 atom stereocenters. The zero-order valence-electron chi connectivity index (χ0n) is 13.0. The molecule has 0 aromatic rings. The van der Waals surface area contributed by atoms with Gasteiger partial charge in [-0.1, -0.05) is 34.6 Å². The number of methoxy groups -OCH3 is 1. The molecule has 1 aliphatic carbocycles. The van der Waals surface area contributed by atoms with Crippen molar-refractivity contribution in [1.29, 1.82) is 0 Å². The lowest BCUT2D eigenvalue weighted by molar-refractivity contribution is -0.124. The van der Waals surface area contributed by atoms with Gasteiger partial charge in [0.15, 0.2) is 0 Å². The highest BCUT2D eigenvalue weighted by molar-refractivity contribution is 5.02. The number of rotatable bonds is 8. The molecule has 3 unspecified atom stereocenters. The molecule has 0 saturated heterocycles. The lowest BCUT2D eigenvalue weighted by atomic mass is 9.64. The summed E-state index contributed by atoms with van der Waals surface area (Å²) < 4.78 is 11.1. The first-order chi connectivity index (χ1) is 8.37. The summed E-state index contributed by atoms with van der Waals surface area (Å²) in [6.45, 7) is 14.0. The van der Waals surface area contributed by atoms with E-state index in [1.165, 1.54) is 0 Å². The van der Waals surface area contributed by atoms with Crippen molar-refractivity contribution in [2.45, 2.75) is 53.2 Å². The van der Waals surface area contributed by atoms with Crippen molar-refractivity contribution in [2.24, 2.45) is 17.3 Å². The van der Waals surface area contributed by atoms with E-state index in [1.54, 1.807) is 7.11 Å². The van der Waals surface area contributed by atoms with Crippen LogP contribution in [0.15, 0.2) is 0 Å². The second-order valence-corrected chi connectivity index (χ2v) is 6.79. The fourth-order valence-electron chi connectivity index (χ4n) is 2.51. The normalized spacial score (nSPS) is 28.2. The van der Waals surface area contributed by atoms with Crippen LogP contribution in [-0.2, 0) is 9.47 Å². The number of hydrogen-bond acceptors (Lipinski definition) is 3. The Balaban J connectivity index is 2.26. The van der Waals surface area contributed by atoms with E-state index in [2.05, 4.69) is 39.9 Å². The molecule has 0 aliphatic heterocycles. The van der Waals surface area contributed by atoms with E-state index in [1.807, 2.05) is 0 Å². The van der Waals surface area contributed by atoms with Crippen LogP contribution in [0.5, 0.6) is 0 Å². The van der Waals surface area contributed by atoms with Crippen LogP contribution in [0.4, 0.5) is 0 Å². The maximum Gasteiger partial charge on any atom is 0.0656 e. The molecule has 0 heterocycles. The Labute approximate surface area is 113 Å². The third kappa shape index (κ3) is 4.22. The molecular formula is C15H31NO2. The summed E-state index contributed by atoms with van der Waals surface area (Å²) in [6.07, 6.45) is 1.55. The van der Waals surface area contributed by atoms with Crippen LogP contribution in [0.3, 0.4) is 0 Å². The predicted octanol–water partition coefficient (Wildman–Crippen LogP) is 2.70. The highest BCUT2D eigenvalue weighted by Gasteiger charge is 2.48. The maximum absolute atomic E-state index is 5.97. The van der Waals surface area contributed by atoms with Crippen LogP contribution in [0.25, 0.3) is 0 Å². The van der Waals surface area contributed by atoms with Crippen molar-refractivity contribution in [3.63, 3.8) is 0 Å². The highest BCUT2D eigenvalue weighted by Crippen LogP contribution is 2.42. The van der Waals surface area contributed by atoms with E-state index in [-0.39, 0.29) is 5.41 Å². The average Bonchev–Trinajstić information content (AvgIpc) is 2.26. The molecule has 18 heavy (non-hydrogen) atoms. The summed E-state index contributed by atoms with van der Waals surface area (Å²) >= 11 is 0. The lowest BCUT2D eigenvalue weighted by Crippen LogP contribution is -2.61. The van der Waals surface area contributed by atoms with Gasteiger partial charge in [-0.15, -0.1) is 0 Å². The SMILES string of the molecule is COCC(C)CNC1CC(OCC(C)C)C1(C)C. The van der Waals surface area contributed by atoms with Crippen LogP contribution >= 0.6 is 0 Å². The molecular weight excluding hydrogens is 226 g/mol. The van der Waals surface area contributed by atoms with Crippen LogP contribution in [0.1, 0.15) is 41.0 Å². The molecule has 1 rings (SSSR count). The van der Waals surface area contributed by atoms with E-state index in [4.69, 9.17) is 9.47 Å². The van der Waals surface area contributed by atoms with Crippen molar-refractivity contribution in [2.75, 3.05) is 26.9 Å². The second-order valence-electron chi connectivity index (χ2n) is 6.79. The lowest BCUT2D eigenvalue weighted by Gasteiger charge is -2.52. The molecule has 0 bridgehead atoms. The molecule has 108 valence electrons. The van der Waals surface area contributed by atoms with Crippen LogP contribution in [0, 0.1) is 17.3 Å². The van der Waals surface area contributed by atoms with Crippen molar-refractivity contribution in [3.8, 4) is 0 Å². The molecule has 1 N–H and O–H groups in total. The second kappa shape index (κ2) is 6.88. The van der Waals surface area contributed by atoms with Gasteiger partial charge in [0.2, 0.25) is 0 Å². The predicted molar refractivity (Wildman–Crippen MR) is 75.8 cm³/mol. The summed E-state index contributed by atoms with van der Waals surface area (Å²) in [6, 6.07) is 0.578. The molecule has 0 amide bonds. The molecule has 3 nitrogen and oxygen atoms in total. The standard InChI is InChI=1S/C15H31NO2/c1-11(2)9-18-14-7-13(15(14,4)5)16-8-12(3)10-17-6/h11-14,16H,7-10H2,1-6H3. The van der Waals surface area contributed by atoms with Crippen molar-refractivity contribution >= 4 is 0 Å². The molecule has 0 aromatic heterocycles. The minimum atomic E-state index is 0.252. The smallest absolute Gasteiger partial charge is 0.0656 e. The zero-order valence-corrected chi connectivity index (χ0v) is 13.0. The molecule has 0 radical (unpaired) electrons. The molecule has 1 aliphatic rings. The Bertz CT molecular complexity index is 241. The van der Waals surface area contributed by atoms with Crippen LogP contribution in [0.2, 0.25) is 0 Å². The van der Waals surface area contributed by atoms with Crippen LogP contribution in [-0.4, -0.2) is 39.0 Å². The van der Waals surface area contributed by atoms with Crippen molar-refractivity contribution in [3.05, 3.63) is 0 Å². The molecule has 1 fully saturated rings. The van der Waals surface area contributed by atoms with Gasteiger partial charge in [0.05, 0.1) is 6.10 Å². The Kier molecular flexibility index (Phi) is 6.09. The van der Waals surface area contributed by atoms with Gasteiger partial charge >= 0.3 is 0 Å². The summed E-state index contributed by atoms with van der Waals surface area (Å²) in [7, 11) is 1.76. The van der Waals surface area contributed by atoms with E-state index in [9.17, 15) is 0 Å². The quantitative estimate of drug-likeness (QED) is 0.725. The molecule has 3 heteroatoms. The Morgan fingerprint density at radius 2 is 1.89 bits per heavy atom. The Morgan fingerprint density at radius 1 is 1.22 bits per heavy atom. The number of nitrogens with one attached hydrogen (secondary N) is 1. The summed E-state index contributed by atoms with van der Waals surface area (Å²) in [5.41, 5.74) is 0.252. The topological polar surface area (TPSA) is 30.5 Å². The van der Waals surface area contributed by atoms with Gasteiger partial charge < -0.3 is 14.8 Å². The van der Waals surface area contributed by atoms with Crippen molar-refractivity contribution in [1.82, 2.24) is 5.32 Å². The van der Waals surface area contributed by atoms with Crippen molar-refractivity contribution < 1.29 is 9.47 Å². The van der Waals surface area contributed by atoms with E-state index >= 15 is 0 Å². The third-order valence-corrected chi connectivity index (χ3v) is 3.97. The monoisotopic (exact) mass is 257 g/mol. The van der Waals surface area contributed by atoms with Crippen LogP contribution < -0.4 is 5.32 Å². The van der Waals surface area contributed by atoms with Gasteiger partial charge in [0, 0.05) is 38.3 Å².